The van der Waals surface area contributed by atoms with E-state index in [0.29, 0.717) is 31.1 Å². The van der Waals surface area contributed by atoms with Gasteiger partial charge in [0.15, 0.2) is 5.69 Å². The van der Waals surface area contributed by atoms with E-state index in [4.69, 9.17) is 14.2 Å². The van der Waals surface area contributed by atoms with E-state index in [1.165, 1.54) is 0 Å². The summed E-state index contributed by atoms with van der Waals surface area (Å²) < 4.78 is 58.7. The lowest BCUT2D eigenvalue weighted by molar-refractivity contribution is -0.206. The lowest BCUT2D eigenvalue weighted by Gasteiger charge is -2.47. The fraction of sp³-hybridized carbons (Fsp3) is 0.351. The van der Waals surface area contributed by atoms with Gasteiger partial charge in [0.25, 0.3) is 0 Å². The summed E-state index contributed by atoms with van der Waals surface area (Å²) in [5.74, 6) is 0.109. The van der Waals surface area contributed by atoms with E-state index in [1.54, 1.807) is 0 Å². The van der Waals surface area contributed by atoms with E-state index in [0.717, 1.165) is 34.6 Å². The van der Waals surface area contributed by atoms with Gasteiger partial charge in [-0.15, -0.1) is 6.58 Å². The molecule has 236 valence electrons. The Hall–Kier alpha value is -3.85. The van der Waals surface area contributed by atoms with Gasteiger partial charge in [0.05, 0.1) is 56.2 Å². The molecule has 0 radical (unpaired) electrons. The molecule has 6 atom stereocenters. The van der Waals surface area contributed by atoms with Crippen LogP contribution >= 0.6 is 0 Å². The molecule has 0 bridgehead atoms. The van der Waals surface area contributed by atoms with Crippen LogP contribution in [0.2, 0.25) is 0 Å². The number of rotatable bonds is 11. The van der Waals surface area contributed by atoms with E-state index >= 15 is 0 Å². The number of ether oxygens (including phenoxy) is 3. The van der Waals surface area contributed by atoms with Gasteiger partial charge in [-0.25, -0.2) is 4.98 Å². The summed E-state index contributed by atoms with van der Waals surface area (Å²) in [6.45, 7) is 12.0. The predicted octanol–water partition coefficient (Wildman–Crippen LogP) is 8.58. The average molecular weight is 617 g/mol. The Morgan fingerprint density at radius 2 is 1.56 bits per heavy atom. The van der Waals surface area contributed by atoms with Gasteiger partial charge >= 0.3 is 6.18 Å². The van der Waals surface area contributed by atoms with Gasteiger partial charge in [-0.1, -0.05) is 92.7 Å². The summed E-state index contributed by atoms with van der Waals surface area (Å²) in [5, 5.41) is 0. The lowest BCUT2D eigenvalue weighted by Crippen LogP contribution is -2.53. The Balaban J connectivity index is 1.40. The molecule has 1 aliphatic heterocycles. The molecule has 0 spiro atoms. The Labute approximate surface area is 263 Å². The second-order valence-electron chi connectivity index (χ2n) is 11.7. The number of halogens is 3. The largest absolute Gasteiger partial charge is 0.434 e. The Morgan fingerprint density at radius 1 is 0.889 bits per heavy atom. The van der Waals surface area contributed by atoms with Gasteiger partial charge in [0.2, 0.25) is 0 Å². The molecule has 8 heteroatoms. The minimum Gasteiger partial charge on any atom is -0.374 e. The van der Waals surface area contributed by atoms with Gasteiger partial charge in [-0.2, -0.15) is 13.2 Å². The molecule has 3 aromatic carbocycles. The lowest BCUT2D eigenvalue weighted by atomic mass is 9.76. The van der Waals surface area contributed by atoms with Gasteiger partial charge < -0.3 is 14.2 Å². The van der Waals surface area contributed by atoms with Crippen LogP contribution in [0.4, 0.5) is 13.2 Å². The Kier molecular flexibility index (Phi) is 10.5. The van der Waals surface area contributed by atoms with Crippen molar-refractivity contribution in [2.24, 2.45) is 11.8 Å². The van der Waals surface area contributed by atoms with Crippen LogP contribution in [-0.2, 0) is 33.6 Å². The van der Waals surface area contributed by atoms with Crippen molar-refractivity contribution in [1.82, 2.24) is 9.97 Å². The zero-order chi connectivity index (χ0) is 32.0. The van der Waals surface area contributed by atoms with Crippen LogP contribution in [-0.4, -0.2) is 34.9 Å². The first-order valence-electron chi connectivity index (χ1n) is 15.2. The van der Waals surface area contributed by atoms with Crippen molar-refractivity contribution in [3.8, 4) is 11.3 Å². The highest BCUT2D eigenvalue weighted by molar-refractivity contribution is 5.60. The first kappa shape index (κ1) is 32.5. The SMILES string of the molecule is C=C[C@H](c1ccc(-c2cnc(C(F)(F)F)cn2)cc1C)[C@H]1OC(COCc2ccccc2)[C@@H](C)[C@H](C)C1OCc1ccccc1. The molecule has 1 saturated heterocycles. The van der Waals surface area contributed by atoms with Crippen molar-refractivity contribution >= 4 is 0 Å². The Morgan fingerprint density at radius 3 is 2.13 bits per heavy atom. The van der Waals surface area contributed by atoms with Crippen LogP contribution < -0.4 is 0 Å². The maximum absolute atomic E-state index is 13.0. The molecule has 5 rings (SSSR count). The highest BCUT2D eigenvalue weighted by Gasteiger charge is 2.45. The standard InChI is InChI=1S/C37H39F3N2O3/c1-5-30(31-17-16-29(18-24(31)2)32-19-42-34(20-41-32)37(38,39)40)36-35(44-22-28-14-10-7-11-15-28)26(4)25(3)33(45-36)23-43-21-27-12-8-6-9-13-27/h5-20,25-26,30,33,35-36H,1,21-23H2,2-4H3/t25-,26-,30+,33?,35?,36+/m0/s1. The summed E-state index contributed by atoms with van der Waals surface area (Å²) in [5.41, 5.74) is 4.14. The van der Waals surface area contributed by atoms with Gasteiger partial charge in [0.1, 0.15) is 0 Å². The first-order chi connectivity index (χ1) is 21.7. The minimum absolute atomic E-state index is 0.155. The molecular formula is C37H39F3N2O3. The van der Waals surface area contributed by atoms with E-state index in [-0.39, 0.29) is 36.1 Å². The molecule has 2 unspecified atom stereocenters. The van der Waals surface area contributed by atoms with Crippen LogP contribution in [0.3, 0.4) is 0 Å². The van der Waals surface area contributed by atoms with Crippen LogP contribution in [0.25, 0.3) is 11.3 Å². The number of hydrogen-bond acceptors (Lipinski definition) is 5. The number of aromatic nitrogens is 2. The van der Waals surface area contributed by atoms with Crippen molar-refractivity contribution in [1.29, 1.82) is 0 Å². The van der Waals surface area contributed by atoms with E-state index < -0.39 is 11.9 Å². The normalized spacial score (nSPS) is 22.6. The summed E-state index contributed by atoms with van der Waals surface area (Å²) >= 11 is 0. The molecule has 4 aromatic rings. The summed E-state index contributed by atoms with van der Waals surface area (Å²) in [6.07, 6.45) is -1.46. The fourth-order valence-corrected chi connectivity index (χ4v) is 5.97. The number of hydrogen-bond donors (Lipinski definition) is 0. The zero-order valence-corrected chi connectivity index (χ0v) is 25.8. The molecule has 0 N–H and O–H groups in total. The maximum atomic E-state index is 13.0. The second kappa shape index (κ2) is 14.5. The highest BCUT2D eigenvalue weighted by atomic mass is 19.4. The molecular weight excluding hydrogens is 577 g/mol. The van der Waals surface area contributed by atoms with Crippen molar-refractivity contribution in [2.75, 3.05) is 6.61 Å². The molecule has 0 saturated carbocycles. The quantitative estimate of drug-likeness (QED) is 0.158. The van der Waals surface area contributed by atoms with Crippen molar-refractivity contribution in [3.05, 3.63) is 132 Å². The van der Waals surface area contributed by atoms with Crippen molar-refractivity contribution < 1.29 is 27.4 Å². The number of aryl methyl sites for hydroxylation is 1. The second-order valence-corrected chi connectivity index (χ2v) is 11.7. The molecule has 1 aliphatic rings. The molecule has 45 heavy (non-hydrogen) atoms. The topological polar surface area (TPSA) is 53.5 Å². The van der Waals surface area contributed by atoms with E-state index in [9.17, 15) is 13.2 Å². The van der Waals surface area contributed by atoms with Crippen molar-refractivity contribution in [3.63, 3.8) is 0 Å². The number of nitrogens with zero attached hydrogens (tertiary/aromatic N) is 2. The van der Waals surface area contributed by atoms with Crippen LogP contribution in [0.1, 0.15) is 47.7 Å². The molecule has 0 aliphatic carbocycles. The molecule has 2 heterocycles. The summed E-state index contributed by atoms with van der Waals surface area (Å²) in [7, 11) is 0. The van der Waals surface area contributed by atoms with E-state index in [1.807, 2.05) is 91.9 Å². The van der Waals surface area contributed by atoms with Gasteiger partial charge in [0, 0.05) is 11.5 Å². The minimum atomic E-state index is -4.54. The predicted molar refractivity (Wildman–Crippen MR) is 168 cm³/mol. The number of alkyl halides is 3. The monoisotopic (exact) mass is 616 g/mol. The molecule has 1 fully saturated rings. The molecule has 5 nitrogen and oxygen atoms in total. The fourth-order valence-electron chi connectivity index (χ4n) is 5.97. The van der Waals surface area contributed by atoms with Crippen LogP contribution in [0.15, 0.2) is 104 Å². The zero-order valence-electron chi connectivity index (χ0n) is 25.8. The molecule has 1 aromatic heterocycles. The summed E-state index contributed by atoms with van der Waals surface area (Å²) in [6, 6.07) is 25.9. The van der Waals surface area contributed by atoms with E-state index in [2.05, 4.69) is 30.4 Å². The molecule has 0 amide bonds. The Bertz CT molecular complexity index is 1530. The van der Waals surface area contributed by atoms with Gasteiger partial charge in [-0.05, 0) is 47.1 Å². The summed E-state index contributed by atoms with van der Waals surface area (Å²) in [4.78, 5) is 7.60. The third-order valence-corrected chi connectivity index (χ3v) is 8.74. The van der Waals surface area contributed by atoms with Crippen LogP contribution in [0.5, 0.6) is 0 Å². The van der Waals surface area contributed by atoms with Crippen molar-refractivity contribution in [2.45, 2.75) is 64.4 Å². The van der Waals surface area contributed by atoms with Gasteiger partial charge in [-0.3, -0.25) is 4.98 Å². The maximum Gasteiger partial charge on any atom is 0.434 e. The van der Waals surface area contributed by atoms with Crippen LogP contribution in [0, 0.1) is 18.8 Å². The third-order valence-electron chi connectivity index (χ3n) is 8.74. The highest BCUT2D eigenvalue weighted by Crippen LogP contribution is 2.41. The first-order valence-corrected chi connectivity index (χ1v) is 15.2. The number of benzene rings is 3. The smallest absolute Gasteiger partial charge is 0.374 e. The average Bonchev–Trinajstić information content (AvgIpc) is 3.04. The third kappa shape index (κ3) is 7.87.